The fourth-order valence-corrected chi connectivity index (χ4v) is 2.34. The summed E-state index contributed by atoms with van der Waals surface area (Å²) in [7, 11) is 1.89. The Morgan fingerprint density at radius 2 is 2.00 bits per heavy atom. The van der Waals surface area contributed by atoms with Crippen LogP contribution in [0.5, 0.6) is 0 Å². The SMILES string of the molecule is CCCC(C)OCCC(CO)(NC)c1ccccc1. The highest BCUT2D eigenvalue weighted by molar-refractivity contribution is 5.24. The van der Waals surface area contributed by atoms with Crippen molar-refractivity contribution in [1.29, 1.82) is 0 Å². The minimum atomic E-state index is -0.410. The smallest absolute Gasteiger partial charge is 0.0688 e. The van der Waals surface area contributed by atoms with Gasteiger partial charge in [0.25, 0.3) is 0 Å². The van der Waals surface area contributed by atoms with Crippen molar-refractivity contribution in [3.05, 3.63) is 35.9 Å². The summed E-state index contributed by atoms with van der Waals surface area (Å²) in [6.45, 7) is 4.98. The van der Waals surface area contributed by atoms with Crippen molar-refractivity contribution >= 4 is 0 Å². The van der Waals surface area contributed by atoms with Crippen molar-refractivity contribution in [3.63, 3.8) is 0 Å². The molecule has 108 valence electrons. The molecule has 1 rings (SSSR count). The molecule has 2 N–H and O–H groups in total. The molecular weight excluding hydrogens is 238 g/mol. The summed E-state index contributed by atoms with van der Waals surface area (Å²) in [5.74, 6) is 0. The van der Waals surface area contributed by atoms with E-state index in [0.717, 1.165) is 24.8 Å². The molecule has 1 aromatic carbocycles. The van der Waals surface area contributed by atoms with E-state index < -0.39 is 5.54 Å². The van der Waals surface area contributed by atoms with Crippen LogP contribution < -0.4 is 5.32 Å². The molecule has 0 fully saturated rings. The molecule has 0 aliphatic heterocycles. The zero-order chi connectivity index (χ0) is 14.1. The summed E-state index contributed by atoms with van der Waals surface area (Å²) in [4.78, 5) is 0. The summed E-state index contributed by atoms with van der Waals surface area (Å²) >= 11 is 0. The molecule has 0 amide bonds. The van der Waals surface area contributed by atoms with Crippen LogP contribution in [0, 0.1) is 0 Å². The van der Waals surface area contributed by atoms with Gasteiger partial charge in [-0.25, -0.2) is 0 Å². The van der Waals surface area contributed by atoms with Crippen LogP contribution in [0.15, 0.2) is 30.3 Å². The molecular formula is C16H27NO2. The first-order valence-electron chi connectivity index (χ1n) is 7.15. The molecule has 0 saturated heterocycles. The molecule has 0 aliphatic carbocycles. The molecule has 2 atom stereocenters. The standard InChI is InChI=1S/C16H27NO2/c1-4-8-14(2)19-12-11-16(13-18,17-3)15-9-6-5-7-10-15/h5-7,9-10,14,17-18H,4,8,11-13H2,1-3H3. The number of rotatable bonds is 9. The molecule has 19 heavy (non-hydrogen) atoms. The third-order valence-electron chi connectivity index (χ3n) is 3.70. The summed E-state index contributed by atoms with van der Waals surface area (Å²) in [6, 6.07) is 10.1. The van der Waals surface area contributed by atoms with Crippen LogP contribution in [0.2, 0.25) is 0 Å². The van der Waals surface area contributed by atoms with Crippen LogP contribution in [0.1, 0.15) is 38.7 Å². The van der Waals surface area contributed by atoms with Gasteiger partial charge in [0, 0.05) is 6.61 Å². The maximum Gasteiger partial charge on any atom is 0.0688 e. The molecule has 0 aliphatic rings. The number of aliphatic hydroxyl groups excluding tert-OH is 1. The topological polar surface area (TPSA) is 41.5 Å². The number of ether oxygens (including phenoxy) is 1. The van der Waals surface area contributed by atoms with Crippen LogP contribution >= 0.6 is 0 Å². The Morgan fingerprint density at radius 1 is 1.32 bits per heavy atom. The summed E-state index contributed by atoms with van der Waals surface area (Å²) < 4.78 is 5.81. The van der Waals surface area contributed by atoms with E-state index >= 15 is 0 Å². The van der Waals surface area contributed by atoms with Gasteiger partial charge >= 0.3 is 0 Å². The van der Waals surface area contributed by atoms with Crippen LogP contribution in [0.25, 0.3) is 0 Å². The third-order valence-corrected chi connectivity index (χ3v) is 3.70. The Kier molecular flexibility index (Phi) is 7.06. The van der Waals surface area contributed by atoms with E-state index in [-0.39, 0.29) is 12.7 Å². The van der Waals surface area contributed by atoms with Gasteiger partial charge in [-0.15, -0.1) is 0 Å². The fourth-order valence-electron chi connectivity index (χ4n) is 2.34. The Hall–Kier alpha value is -0.900. The van der Waals surface area contributed by atoms with Gasteiger partial charge in [-0.05, 0) is 32.4 Å². The van der Waals surface area contributed by atoms with Crippen molar-refractivity contribution in [2.24, 2.45) is 0 Å². The van der Waals surface area contributed by atoms with Gasteiger partial charge in [-0.3, -0.25) is 0 Å². The Labute approximate surface area is 117 Å². The molecule has 3 nitrogen and oxygen atoms in total. The Morgan fingerprint density at radius 3 is 2.53 bits per heavy atom. The van der Waals surface area contributed by atoms with Gasteiger partial charge in [-0.1, -0.05) is 43.7 Å². The first-order valence-corrected chi connectivity index (χ1v) is 7.15. The minimum absolute atomic E-state index is 0.0685. The number of benzene rings is 1. The monoisotopic (exact) mass is 265 g/mol. The van der Waals surface area contributed by atoms with E-state index in [2.05, 4.69) is 19.2 Å². The third kappa shape index (κ3) is 4.60. The van der Waals surface area contributed by atoms with Gasteiger partial charge in [0.05, 0.1) is 18.2 Å². The van der Waals surface area contributed by atoms with Gasteiger partial charge in [0.15, 0.2) is 0 Å². The highest BCUT2D eigenvalue weighted by Gasteiger charge is 2.29. The molecule has 2 unspecified atom stereocenters. The maximum absolute atomic E-state index is 9.78. The fraction of sp³-hybridized carbons (Fsp3) is 0.625. The number of nitrogens with one attached hydrogen (secondary N) is 1. The molecule has 0 aromatic heterocycles. The quantitative estimate of drug-likeness (QED) is 0.721. The molecule has 0 radical (unpaired) electrons. The number of likely N-dealkylation sites (N-methyl/N-ethyl adjacent to an activating group) is 1. The van der Waals surface area contributed by atoms with Crippen molar-refractivity contribution in [2.75, 3.05) is 20.3 Å². The van der Waals surface area contributed by atoms with E-state index in [4.69, 9.17) is 4.74 Å². The van der Waals surface area contributed by atoms with Crippen molar-refractivity contribution in [1.82, 2.24) is 5.32 Å². The lowest BCUT2D eigenvalue weighted by Crippen LogP contribution is -2.44. The first-order chi connectivity index (χ1) is 9.18. The summed E-state index contributed by atoms with van der Waals surface area (Å²) in [5.41, 5.74) is 0.694. The minimum Gasteiger partial charge on any atom is -0.394 e. The van der Waals surface area contributed by atoms with Crippen molar-refractivity contribution < 1.29 is 9.84 Å². The van der Waals surface area contributed by atoms with Crippen molar-refractivity contribution in [3.8, 4) is 0 Å². The molecule has 0 bridgehead atoms. The lowest BCUT2D eigenvalue weighted by atomic mass is 9.88. The second kappa shape index (κ2) is 8.31. The summed E-state index contributed by atoms with van der Waals surface area (Å²) in [6.07, 6.45) is 3.26. The number of aliphatic hydroxyl groups is 1. The van der Waals surface area contributed by atoms with Crippen LogP contribution in [-0.4, -0.2) is 31.5 Å². The van der Waals surface area contributed by atoms with E-state index in [0.29, 0.717) is 6.61 Å². The largest absolute Gasteiger partial charge is 0.394 e. The van der Waals surface area contributed by atoms with Gasteiger partial charge in [0.2, 0.25) is 0 Å². The molecule has 0 heterocycles. The van der Waals surface area contributed by atoms with Crippen molar-refractivity contribution in [2.45, 2.75) is 44.8 Å². The lowest BCUT2D eigenvalue weighted by Gasteiger charge is -2.32. The molecule has 3 heteroatoms. The van der Waals surface area contributed by atoms with Gasteiger partial charge in [-0.2, -0.15) is 0 Å². The second-order valence-corrected chi connectivity index (χ2v) is 5.08. The molecule has 0 spiro atoms. The van der Waals surface area contributed by atoms with Crippen LogP contribution in [0.4, 0.5) is 0 Å². The number of hydrogen-bond acceptors (Lipinski definition) is 3. The average Bonchev–Trinajstić information content (AvgIpc) is 2.45. The first kappa shape index (κ1) is 16.2. The average molecular weight is 265 g/mol. The highest BCUT2D eigenvalue weighted by atomic mass is 16.5. The Bertz CT molecular complexity index is 336. The normalized spacial score (nSPS) is 16.0. The van der Waals surface area contributed by atoms with E-state index in [1.165, 1.54) is 0 Å². The van der Waals surface area contributed by atoms with E-state index in [1.54, 1.807) is 0 Å². The van der Waals surface area contributed by atoms with Crippen LogP contribution in [0.3, 0.4) is 0 Å². The lowest BCUT2D eigenvalue weighted by molar-refractivity contribution is 0.0333. The predicted octanol–water partition coefficient (Wildman–Crippen LogP) is 2.69. The molecule has 0 saturated carbocycles. The van der Waals surface area contributed by atoms with E-state index in [1.807, 2.05) is 37.4 Å². The van der Waals surface area contributed by atoms with E-state index in [9.17, 15) is 5.11 Å². The van der Waals surface area contributed by atoms with Gasteiger partial charge < -0.3 is 15.2 Å². The second-order valence-electron chi connectivity index (χ2n) is 5.08. The maximum atomic E-state index is 9.78. The zero-order valence-electron chi connectivity index (χ0n) is 12.4. The van der Waals surface area contributed by atoms with Gasteiger partial charge in [0.1, 0.15) is 0 Å². The predicted molar refractivity (Wildman–Crippen MR) is 79.2 cm³/mol. The zero-order valence-corrected chi connectivity index (χ0v) is 12.4. The molecule has 1 aromatic rings. The summed E-state index contributed by atoms with van der Waals surface area (Å²) in [5, 5.41) is 13.0. The number of hydrogen-bond donors (Lipinski definition) is 2. The highest BCUT2D eigenvalue weighted by Crippen LogP contribution is 2.24. The van der Waals surface area contributed by atoms with Crippen LogP contribution in [-0.2, 0) is 10.3 Å². The Balaban J connectivity index is 2.62.